The van der Waals surface area contributed by atoms with E-state index in [1.54, 1.807) is 24.3 Å². The van der Waals surface area contributed by atoms with Gasteiger partial charge in [-0.3, -0.25) is 4.79 Å². The van der Waals surface area contributed by atoms with Crippen LogP contribution in [0.4, 0.5) is 0 Å². The van der Waals surface area contributed by atoms with Crippen LogP contribution in [0.15, 0.2) is 35.4 Å². The number of rotatable bonds is 7. The number of carboxylic acids is 1. The van der Waals surface area contributed by atoms with Crippen LogP contribution in [-0.2, 0) is 21.4 Å². The SMILES string of the molecule is COc1cccc(C(CC(=O)O)NS(=O)(=O)c2cnn3c2OCCC3)c1. The van der Waals surface area contributed by atoms with E-state index < -0.39 is 28.5 Å². The minimum atomic E-state index is -4.03. The highest BCUT2D eigenvalue weighted by Gasteiger charge is 2.30. The smallest absolute Gasteiger partial charge is 0.305 e. The summed E-state index contributed by atoms with van der Waals surface area (Å²) in [5, 5.41) is 13.2. The number of aliphatic carboxylic acids is 1. The van der Waals surface area contributed by atoms with Crippen molar-refractivity contribution in [3.63, 3.8) is 0 Å². The van der Waals surface area contributed by atoms with E-state index in [-0.39, 0.29) is 10.8 Å². The largest absolute Gasteiger partial charge is 0.497 e. The van der Waals surface area contributed by atoms with Crippen molar-refractivity contribution < 1.29 is 27.8 Å². The van der Waals surface area contributed by atoms with Gasteiger partial charge in [0, 0.05) is 13.0 Å². The molecule has 3 rings (SSSR count). The molecule has 0 saturated heterocycles. The summed E-state index contributed by atoms with van der Waals surface area (Å²) in [6, 6.07) is 5.63. The van der Waals surface area contributed by atoms with E-state index in [4.69, 9.17) is 9.47 Å². The number of fused-ring (bicyclic) bond motifs is 1. The number of methoxy groups -OCH3 is 1. The van der Waals surface area contributed by atoms with Crippen molar-refractivity contribution in [1.29, 1.82) is 0 Å². The van der Waals surface area contributed by atoms with Crippen LogP contribution in [0.1, 0.15) is 24.4 Å². The molecular weight excluding hydrogens is 362 g/mol. The maximum absolute atomic E-state index is 12.8. The molecule has 140 valence electrons. The molecule has 9 nitrogen and oxygen atoms in total. The molecule has 0 amide bonds. The molecule has 0 radical (unpaired) electrons. The second kappa shape index (κ2) is 7.34. The van der Waals surface area contributed by atoms with Crippen LogP contribution in [0.5, 0.6) is 11.6 Å². The fourth-order valence-electron chi connectivity index (χ4n) is 2.74. The Bertz CT molecular complexity index is 908. The van der Waals surface area contributed by atoms with Crippen molar-refractivity contribution in [3.8, 4) is 11.6 Å². The number of ether oxygens (including phenoxy) is 2. The van der Waals surface area contributed by atoms with Gasteiger partial charge in [0.05, 0.1) is 32.4 Å². The van der Waals surface area contributed by atoms with Gasteiger partial charge < -0.3 is 14.6 Å². The van der Waals surface area contributed by atoms with E-state index >= 15 is 0 Å². The average Bonchev–Trinajstić information content (AvgIpc) is 3.05. The molecule has 10 heteroatoms. The highest BCUT2D eigenvalue weighted by molar-refractivity contribution is 7.89. The topological polar surface area (TPSA) is 120 Å². The van der Waals surface area contributed by atoms with E-state index in [2.05, 4.69) is 9.82 Å². The van der Waals surface area contributed by atoms with Gasteiger partial charge in [-0.05, 0) is 17.7 Å². The molecule has 1 aromatic carbocycles. The van der Waals surface area contributed by atoms with Crippen molar-refractivity contribution in [2.45, 2.75) is 30.3 Å². The third-order valence-corrected chi connectivity index (χ3v) is 5.43. The fourth-order valence-corrected chi connectivity index (χ4v) is 4.04. The molecule has 1 atom stereocenters. The third kappa shape index (κ3) is 3.81. The van der Waals surface area contributed by atoms with Crippen LogP contribution >= 0.6 is 0 Å². The number of carbonyl (C=O) groups is 1. The summed E-state index contributed by atoms with van der Waals surface area (Å²) in [6.45, 7) is 0.974. The van der Waals surface area contributed by atoms with Crippen LogP contribution in [0.2, 0.25) is 0 Å². The summed E-state index contributed by atoms with van der Waals surface area (Å²) in [5.41, 5.74) is 0.484. The normalized spacial score (nSPS) is 15.0. The second-order valence-electron chi connectivity index (χ2n) is 5.79. The predicted octanol–water partition coefficient (Wildman–Crippen LogP) is 1.17. The van der Waals surface area contributed by atoms with Gasteiger partial charge >= 0.3 is 5.97 Å². The number of aryl methyl sites for hydroxylation is 1. The summed E-state index contributed by atoms with van der Waals surface area (Å²) < 4.78 is 40.1. The van der Waals surface area contributed by atoms with Crippen molar-refractivity contribution in [2.24, 2.45) is 0 Å². The number of hydrogen-bond acceptors (Lipinski definition) is 6. The maximum Gasteiger partial charge on any atom is 0.305 e. The first-order valence-corrected chi connectivity index (χ1v) is 9.45. The van der Waals surface area contributed by atoms with Crippen LogP contribution in [0.25, 0.3) is 0 Å². The average molecular weight is 381 g/mol. The van der Waals surface area contributed by atoms with Crippen molar-refractivity contribution in [3.05, 3.63) is 36.0 Å². The lowest BCUT2D eigenvalue weighted by atomic mass is 10.0. The molecule has 2 aromatic rings. The summed E-state index contributed by atoms with van der Waals surface area (Å²) >= 11 is 0. The van der Waals surface area contributed by atoms with E-state index in [1.165, 1.54) is 18.0 Å². The Balaban J connectivity index is 1.92. The molecule has 26 heavy (non-hydrogen) atoms. The van der Waals surface area contributed by atoms with Gasteiger partial charge in [0.2, 0.25) is 15.9 Å². The Morgan fingerprint density at radius 1 is 1.50 bits per heavy atom. The van der Waals surface area contributed by atoms with Gasteiger partial charge in [-0.15, -0.1) is 0 Å². The van der Waals surface area contributed by atoms with E-state index in [1.807, 2.05) is 0 Å². The van der Waals surface area contributed by atoms with E-state index in [0.717, 1.165) is 6.42 Å². The van der Waals surface area contributed by atoms with E-state index in [9.17, 15) is 18.3 Å². The summed E-state index contributed by atoms with van der Waals surface area (Å²) in [7, 11) is -2.56. The lowest BCUT2D eigenvalue weighted by molar-refractivity contribution is -0.137. The highest BCUT2D eigenvalue weighted by Crippen LogP contribution is 2.29. The molecular formula is C16H19N3O6S. The molecule has 0 spiro atoms. The molecule has 0 bridgehead atoms. The molecule has 1 aliphatic heterocycles. The Kier molecular flexibility index (Phi) is 5.14. The van der Waals surface area contributed by atoms with Gasteiger partial charge in [-0.1, -0.05) is 12.1 Å². The Morgan fingerprint density at radius 3 is 3.04 bits per heavy atom. The molecule has 0 aliphatic carbocycles. The molecule has 2 N–H and O–H groups in total. The quantitative estimate of drug-likeness (QED) is 0.739. The standard InChI is InChI=1S/C16H19N3O6S/c1-24-12-5-2-4-11(8-12)13(9-15(20)21)18-26(22,23)14-10-17-19-6-3-7-25-16(14)19/h2,4-5,8,10,13,18H,3,6-7,9H2,1H3,(H,20,21). The Labute approximate surface area is 150 Å². The number of nitrogens with one attached hydrogen (secondary N) is 1. The number of nitrogens with zero attached hydrogens (tertiary/aromatic N) is 2. The Morgan fingerprint density at radius 2 is 2.31 bits per heavy atom. The fraction of sp³-hybridized carbons (Fsp3) is 0.375. The Hall–Kier alpha value is -2.59. The number of sulfonamides is 1. The van der Waals surface area contributed by atoms with Crippen molar-refractivity contribution >= 4 is 16.0 Å². The van der Waals surface area contributed by atoms with Crippen LogP contribution in [0.3, 0.4) is 0 Å². The zero-order valence-electron chi connectivity index (χ0n) is 14.1. The van der Waals surface area contributed by atoms with Gasteiger partial charge in [-0.2, -0.15) is 5.10 Å². The van der Waals surface area contributed by atoms with Gasteiger partial charge in [0.15, 0.2) is 4.90 Å². The lowest BCUT2D eigenvalue weighted by Crippen LogP contribution is -2.30. The first-order valence-electron chi connectivity index (χ1n) is 7.97. The minimum Gasteiger partial charge on any atom is -0.497 e. The first kappa shape index (κ1) is 18.2. The number of aromatic nitrogens is 2. The monoisotopic (exact) mass is 381 g/mol. The second-order valence-corrected chi connectivity index (χ2v) is 7.47. The molecule has 1 unspecified atom stereocenters. The van der Waals surface area contributed by atoms with Crippen LogP contribution in [-0.4, -0.2) is 43.0 Å². The number of carboxylic acid groups (broad SMARTS) is 1. The van der Waals surface area contributed by atoms with Gasteiger partial charge in [0.25, 0.3) is 0 Å². The van der Waals surface area contributed by atoms with Gasteiger partial charge in [0.1, 0.15) is 5.75 Å². The first-order chi connectivity index (χ1) is 12.4. The molecule has 1 aromatic heterocycles. The zero-order chi connectivity index (χ0) is 18.7. The lowest BCUT2D eigenvalue weighted by Gasteiger charge is -2.19. The number of hydrogen-bond donors (Lipinski definition) is 2. The van der Waals surface area contributed by atoms with Crippen molar-refractivity contribution in [1.82, 2.24) is 14.5 Å². The van der Waals surface area contributed by atoms with Crippen LogP contribution < -0.4 is 14.2 Å². The molecule has 0 fully saturated rings. The minimum absolute atomic E-state index is 0.101. The van der Waals surface area contributed by atoms with Gasteiger partial charge in [-0.25, -0.2) is 17.8 Å². The highest BCUT2D eigenvalue weighted by atomic mass is 32.2. The zero-order valence-corrected chi connectivity index (χ0v) is 14.9. The third-order valence-electron chi connectivity index (χ3n) is 3.97. The summed E-state index contributed by atoms with van der Waals surface area (Å²) in [5.74, 6) is -0.458. The molecule has 1 aliphatic rings. The maximum atomic E-state index is 12.8. The number of benzene rings is 1. The van der Waals surface area contributed by atoms with Crippen molar-refractivity contribution in [2.75, 3.05) is 13.7 Å². The molecule has 0 saturated carbocycles. The predicted molar refractivity (Wildman–Crippen MR) is 90.6 cm³/mol. The summed E-state index contributed by atoms with van der Waals surface area (Å²) in [6.07, 6.45) is 1.54. The molecule has 2 heterocycles. The van der Waals surface area contributed by atoms with Crippen LogP contribution in [0, 0.1) is 0 Å². The summed E-state index contributed by atoms with van der Waals surface area (Å²) in [4.78, 5) is 11.1. The van der Waals surface area contributed by atoms with E-state index in [0.29, 0.717) is 24.5 Å².